The predicted molar refractivity (Wildman–Crippen MR) is 53.2 cm³/mol. The lowest BCUT2D eigenvalue weighted by molar-refractivity contribution is 0.190. The van der Waals surface area contributed by atoms with Crippen LogP contribution in [0.2, 0.25) is 0 Å². The smallest absolute Gasteiger partial charge is 0.238 e. The van der Waals surface area contributed by atoms with Crippen LogP contribution in [-0.2, 0) is 19.5 Å². The quantitative estimate of drug-likeness (QED) is 0.756. The lowest BCUT2D eigenvalue weighted by Gasteiger charge is -1.98. The molecule has 7 heteroatoms. The van der Waals surface area contributed by atoms with E-state index in [1.54, 1.807) is 6.07 Å². The van der Waals surface area contributed by atoms with Gasteiger partial charge in [0, 0.05) is 29.3 Å². The van der Waals surface area contributed by atoms with E-state index in [4.69, 9.17) is 19.9 Å². The maximum absolute atomic E-state index is 10.8. The average molecular weight is 252 g/mol. The number of hydrogen-bond donors (Lipinski definition) is 0. The zero-order valence-corrected chi connectivity index (χ0v) is 9.42. The number of rotatable bonds is 3. The second kappa shape index (κ2) is 4.11. The maximum Gasteiger partial charge on any atom is 0.238 e. The molecule has 1 aliphatic rings. The van der Waals surface area contributed by atoms with Gasteiger partial charge in [0.2, 0.25) is 9.05 Å². The van der Waals surface area contributed by atoms with Gasteiger partial charge in [0.15, 0.2) is 0 Å². The molecule has 0 aromatic carbocycles. The molecule has 0 amide bonds. The van der Waals surface area contributed by atoms with Gasteiger partial charge in [-0.1, -0.05) is 5.16 Å². The van der Waals surface area contributed by atoms with Crippen LogP contribution < -0.4 is 0 Å². The highest BCUT2D eigenvalue weighted by atomic mass is 35.7. The van der Waals surface area contributed by atoms with Crippen molar-refractivity contribution in [2.24, 2.45) is 0 Å². The summed E-state index contributed by atoms with van der Waals surface area (Å²) >= 11 is 0. The predicted octanol–water partition coefficient (Wildman–Crippen LogP) is 1.25. The van der Waals surface area contributed by atoms with Gasteiger partial charge in [0.1, 0.15) is 17.2 Å². The maximum atomic E-state index is 10.8. The van der Waals surface area contributed by atoms with E-state index in [0.29, 0.717) is 24.7 Å². The van der Waals surface area contributed by atoms with Crippen LogP contribution in [0.25, 0.3) is 0 Å². The molecule has 15 heavy (non-hydrogen) atoms. The molecule has 0 aliphatic carbocycles. The second-order valence-corrected chi connectivity index (χ2v) is 6.24. The summed E-state index contributed by atoms with van der Waals surface area (Å²) in [5.74, 6) is 0.554. The first-order valence-corrected chi connectivity index (χ1v) is 6.98. The van der Waals surface area contributed by atoms with E-state index in [1.165, 1.54) is 0 Å². The summed E-state index contributed by atoms with van der Waals surface area (Å²) < 4.78 is 31.8. The van der Waals surface area contributed by atoms with Gasteiger partial charge in [0.25, 0.3) is 0 Å². The van der Waals surface area contributed by atoms with E-state index in [1.807, 2.05) is 0 Å². The first-order chi connectivity index (χ1) is 7.04. The van der Waals surface area contributed by atoms with E-state index in [9.17, 15) is 8.42 Å². The van der Waals surface area contributed by atoms with Crippen molar-refractivity contribution < 1.29 is 17.7 Å². The molecule has 2 heterocycles. The number of ether oxygens (including phenoxy) is 1. The van der Waals surface area contributed by atoms with Crippen molar-refractivity contribution in [2.75, 3.05) is 13.2 Å². The molecule has 0 spiro atoms. The van der Waals surface area contributed by atoms with Crippen molar-refractivity contribution in [1.82, 2.24) is 5.16 Å². The molecule has 0 radical (unpaired) electrons. The summed E-state index contributed by atoms with van der Waals surface area (Å²) in [5.41, 5.74) is 0.340. The second-order valence-electron chi connectivity index (χ2n) is 3.46. The number of aromatic nitrogens is 1. The minimum atomic E-state index is -3.57. The Hall–Kier alpha value is -0.590. The molecule has 0 bridgehead atoms. The molecule has 1 atom stereocenters. The Morgan fingerprint density at radius 3 is 3.00 bits per heavy atom. The van der Waals surface area contributed by atoms with Crippen molar-refractivity contribution >= 4 is 19.7 Å². The summed E-state index contributed by atoms with van der Waals surface area (Å²) in [4.78, 5) is 0. The zero-order valence-electron chi connectivity index (χ0n) is 7.85. The minimum Gasteiger partial charge on any atom is -0.381 e. The van der Waals surface area contributed by atoms with Crippen LogP contribution >= 0.6 is 10.7 Å². The van der Waals surface area contributed by atoms with Gasteiger partial charge in [-0.05, 0) is 6.42 Å². The summed E-state index contributed by atoms with van der Waals surface area (Å²) in [6.07, 6.45) is 0.877. The van der Waals surface area contributed by atoms with Crippen LogP contribution in [0.5, 0.6) is 0 Å². The molecule has 1 aliphatic heterocycles. The van der Waals surface area contributed by atoms with E-state index in [2.05, 4.69) is 5.16 Å². The fourth-order valence-electron chi connectivity index (χ4n) is 1.52. The number of hydrogen-bond acceptors (Lipinski definition) is 5. The molecule has 0 saturated carbocycles. The van der Waals surface area contributed by atoms with Crippen molar-refractivity contribution in [3.05, 3.63) is 17.5 Å². The van der Waals surface area contributed by atoms with Gasteiger partial charge in [-0.15, -0.1) is 0 Å². The van der Waals surface area contributed by atoms with Crippen LogP contribution in [0.3, 0.4) is 0 Å². The third-order valence-electron chi connectivity index (χ3n) is 2.23. The Bertz CT molecular complexity index is 435. The molecule has 1 aromatic rings. The molecule has 0 N–H and O–H groups in total. The molecule has 2 rings (SSSR count). The highest BCUT2D eigenvalue weighted by Gasteiger charge is 2.23. The van der Waals surface area contributed by atoms with E-state index >= 15 is 0 Å². The summed E-state index contributed by atoms with van der Waals surface area (Å²) in [6, 6.07) is 1.62. The molecule has 1 fully saturated rings. The van der Waals surface area contributed by atoms with Crippen molar-refractivity contribution in [1.29, 1.82) is 0 Å². The van der Waals surface area contributed by atoms with Gasteiger partial charge >= 0.3 is 0 Å². The third kappa shape index (κ3) is 2.93. The highest BCUT2D eigenvalue weighted by molar-refractivity contribution is 8.13. The monoisotopic (exact) mass is 251 g/mol. The summed E-state index contributed by atoms with van der Waals surface area (Å²) in [7, 11) is 1.53. The summed E-state index contributed by atoms with van der Waals surface area (Å²) in [5, 5.41) is 3.65. The van der Waals surface area contributed by atoms with Gasteiger partial charge in [0.05, 0.1) is 6.61 Å². The first-order valence-electron chi connectivity index (χ1n) is 4.50. The third-order valence-corrected chi connectivity index (χ3v) is 3.20. The standard InChI is InChI=1S/C8H10ClNO4S/c9-15(11,12)5-7-3-8(14-10-7)6-1-2-13-4-6/h3,6H,1-2,4-5H2. The van der Waals surface area contributed by atoms with Gasteiger partial charge < -0.3 is 9.26 Å². The average Bonchev–Trinajstić information content (AvgIpc) is 2.68. The highest BCUT2D eigenvalue weighted by Crippen LogP contribution is 2.26. The fourth-order valence-corrected chi connectivity index (χ4v) is 2.35. The van der Waals surface area contributed by atoms with Crippen LogP contribution in [-0.4, -0.2) is 26.8 Å². The molecular formula is C8H10ClNO4S. The number of nitrogens with zero attached hydrogens (tertiary/aromatic N) is 1. The van der Waals surface area contributed by atoms with E-state index in [0.717, 1.165) is 6.42 Å². The van der Waals surface area contributed by atoms with Gasteiger partial charge in [-0.25, -0.2) is 8.42 Å². The van der Waals surface area contributed by atoms with Crippen LogP contribution in [0.4, 0.5) is 0 Å². The van der Waals surface area contributed by atoms with Crippen molar-refractivity contribution in [3.63, 3.8) is 0 Å². The Morgan fingerprint density at radius 2 is 2.40 bits per heavy atom. The molecule has 84 valence electrons. The molecule has 1 unspecified atom stereocenters. The topological polar surface area (TPSA) is 69.4 Å². The molecular weight excluding hydrogens is 242 g/mol. The fraction of sp³-hybridized carbons (Fsp3) is 0.625. The molecule has 1 aromatic heterocycles. The minimum absolute atomic E-state index is 0.185. The number of halogens is 1. The van der Waals surface area contributed by atoms with Crippen LogP contribution in [0.15, 0.2) is 10.6 Å². The summed E-state index contributed by atoms with van der Waals surface area (Å²) in [6.45, 7) is 1.30. The van der Waals surface area contributed by atoms with Crippen molar-refractivity contribution in [2.45, 2.75) is 18.1 Å². The van der Waals surface area contributed by atoms with Crippen LogP contribution in [0, 0.1) is 0 Å². The van der Waals surface area contributed by atoms with Gasteiger partial charge in [-0.2, -0.15) is 0 Å². The van der Waals surface area contributed by atoms with E-state index < -0.39 is 9.05 Å². The molecule has 5 nitrogen and oxygen atoms in total. The van der Waals surface area contributed by atoms with Crippen molar-refractivity contribution in [3.8, 4) is 0 Å². The lowest BCUT2D eigenvalue weighted by Crippen LogP contribution is -1.96. The first kappa shape index (κ1) is 10.9. The molecule has 1 saturated heterocycles. The Balaban J connectivity index is 2.10. The van der Waals surface area contributed by atoms with E-state index in [-0.39, 0.29) is 11.7 Å². The lowest BCUT2D eigenvalue weighted by atomic mass is 10.1. The Morgan fingerprint density at radius 1 is 1.60 bits per heavy atom. The Kier molecular flexibility index (Phi) is 2.99. The van der Waals surface area contributed by atoms with Crippen LogP contribution in [0.1, 0.15) is 23.8 Å². The van der Waals surface area contributed by atoms with Gasteiger partial charge in [-0.3, -0.25) is 0 Å². The normalized spacial score (nSPS) is 22.1. The SMILES string of the molecule is O=S(=O)(Cl)Cc1cc(C2CCOC2)on1. The Labute approximate surface area is 91.8 Å². The zero-order chi connectivity index (χ0) is 10.9. The largest absolute Gasteiger partial charge is 0.381 e.